The van der Waals surface area contributed by atoms with Crippen LogP contribution in [-0.4, -0.2) is 28.0 Å². The maximum absolute atomic E-state index is 13.1. The number of rotatable bonds is 7. The lowest BCUT2D eigenvalue weighted by molar-refractivity contribution is -0.119. The topological polar surface area (TPSA) is 72.9 Å². The molecule has 0 saturated carbocycles. The van der Waals surface area contributed by atoms with Gasteiger partial charge in [-0.3, -0.25) is 4.79 Å². The lowest BCUT2D eigenvalue weighted by Gasteiger charge is -2.23. The SMILES string of the molecule is COc1ccccc1OCC(=O)N(c1ccccc1)S(=O)(=O)c1ccccc1. The van der Waals surface area contributed by atoms with E-state index in [1.165, 1.54) is 19.2 Å². The summed E-state index contributed by atoms with van der Waals surface area (Å²) in [7, 11) is -2.61. The maximum Gasteiger partial charge on any atom is 0.278 e. The predicted octanol–water partition coefficient (Wildman–Crippen LogP) is 3.50. The van der Waals surface area contributed by atoms with Crippen molar-refractivity contribution < 1.29 is 22.7 Å². The molecule has 0 spiro atoms. The molecule has 0 aromatic heterocycles. The van der Waals surface area contributed by atoms with E-state index < -0.39 is 22.5 Å². The first kappa shape index (κ1) is 19.4. The van der Waals surface area contributed by atoms with Gasteiger partial charge in [0.1, 0.15) is 0 Å². The van der Waals surface area contributed by atoms with Crippen molar-refractivity contribution in [2.24, 2.45) is 0 Å². The largest absolute Gasteiger partial charge is 0.493 e. The molecule has 0 radical (unpaired) electrons. The first-order chi connectivity index (χ1) is 13.5. The number of nitrogens with zero attached hydrogens (tertiary/aromatic N) is 1. The summed E-state index contributed by atoms with van der Waals surface area (Å²) in [5, 5.41) is 0. The van der Waals surface area contributed by atoms with E-state index in [1.807, 2.05) is 0 Å². The Morgan fingerprint density at radius 2 is 1.36 bits per heavy atom. The lowest BCUT2D eigenvalue weighted by atomic mass is 10.3. The first-order valence-corrected chi connectivity index (χ1v) is 9.92. The van der Waals surface area contributed by atoms with Crippen molar-refractivity contribution in [2.75, 3.05) is 18.0 Å². The Balaban J connectivity index is 1.92. The average Bonchev–Trinajstić information content (AvgIpc) is 2.74. The van der Waals surface area contributed by atoms with Gasteiger partial charge in [0.05, 0.1) is 17.7 Å². The Hall–Kier alpha value is -3.32. The molecule has 3 rings (SSSR count). The van der Waals surface area contributed by atoms with Gasteiger partial charge >= 0.3 is 0 Å². The molecule has 0 heterocycles. The zero-order chi connectivity index (χ0) is 20.0. The van der Waals surface area contributed by atoms with Crippen molar-refractivity contribution in [3.05, 3.63) is 84.9 Å². The van der Waals surface area contributed by atoms with E-state index in [0.29, 0.717) is 11.5 Å². The number of methoxy groups -OCH3 is 1. The minimum absolute atomic E-state index is 0.0181. The van der Waals surface area contributed by atoms with E-state index in [2.05, 4.69) is 0 Å². The van der Waals surface area contributed by atoms with Crippen LogP contribution < -0.4 is 13.8 Å². The molecular formula is C21H19NO5S. The summed E-state index contributed by atoms with van der Waals surface area (Å²) in [4.78, 5) is 12.9. The molecule has 3 aromatic carbocycles. The van der Waals surface area contributed by atoms with Gasteiger partial charge in [-0.05, 0) is 36.4 Å². The van der Waals surface area contributed by atoms with Crippen molar-refractivity contribution in [1.82, 2.24) is 0 Å². The summed E-state index contributed by atoms with van der Waals surface area (Å²) >= 11 is 0. The zero-order valence-electron chi connectivity index (χ0n) is 15.2. The Labute approximate surface area is 164 Å². The summed E-state index contributed by atoms with van der Waals surface area (Å²) in [6.07, 6.45) is 0. The highest BCUT2D eigenvalue weighted by Gasteiger charge is 2.31. The smallest absolute Gasteiger partial charge is 0.278 e. The first-order valence-electron chi connectivity index (χ1n) is 8.48. The number of carbonyl (C=O) groups is 1. The van der Waals surface area contributed by atoms with Crippen LogP contribution in [0.3, 0.4) is 0 Å². The minimum atomic E-state index is -4.10. The lowest BCUT2D eigenvalue weighted by Crippen LogP contribution is -2.40. The number of benzene rings is 3. The molecule has 0 aliphatic heterocycles. The molecule has 7 heteroatoms. The quantitative estimate of drug-likeness (QED) is 0.610. The van der Waals surface area contributed by atoms with E-state index in [1.54, 1.807) is 72.8 Å². The van der Waals surface area contributed by atoms with Crippen LogP contribution in [0.2, 0.25) is 0 Å². The van der Waals surface area contributed by atoms with E-state index in [9.17, 15) is 13.2 Å². The van der Waals surface area contributed by atoms with Gasteiger partial charge in [0.15, 0.2) is 18.1 Å². The normalized spacial score (nSPS) is 10.9. The van der Waals surface area contributed by atoms with Gasteiger partial charge in [0.2, 0.25) is 0 Å². The summed E-state index contributed by atoms with van der Waals surface area (Å²) in [6.45, 7) is -0.471. The van der Waals surface area contributed by atoms with Crippen LogP contribution in [0.25, 0.3) is 0 Å². The van der Waals surface area contributed by atoms with Crippen molar-refractivity contribution in [1.29, 1.82) is 0 Å². The summed E-state index contributed by atoms with van der Waals surface area (Å²) < 4.78 is 37.8. The van der Waals surface area contributed by atoms with Gasteiger partial charge in [-0.2, -0.15) is 4.31 Å². The van der Waals surface area contributed by atoms with Gasteiger partial charge in [-0.15, -0.1) is 0 Å². The molecular weight excluding hydrogens is 378 g/mol. The van der Waals surface area contributed by atoms with Gasteiger partial charge in [0.25, 0.3) is 15.9 Å². The summed E-state index contributed by atoms with van der Waals surface area (Å²) in [5.74, 6) is 0.0805. The van der Waals surface area contributed by atoms with Crippen LogP contribution in [0.5, 0.6) is 11.5 Å². The Kier molecular flexibility index (Phi) is 5.96. The number of para-hydroxylation sites is 3. The van der Waals surface area contributed by atoms with Gasteiger partial charge in [-0.1, -0.05) is 48.5 Å². The maximum atomic E-state index is 13.1. The van der Waals surface area contributed by atoms with Crippen LogP contribution in [0.4, 0.5) is 5.69 Å². The van der Waals surface area contributed by atoms with Crippen molar-refractivity contribution >= 4 is 21.6 Å². The van der Waals surface area contributed by atoms with Crippen LogP contribution in [0.1, 0.15) is 0 Å². The number of hydrogen-bond donors (Lipinski definition) is 0. The highest BCUT2D eigenvalue weighted by Crippen LogP contribution is 2.27. The van der Waals surface area contributed by atoms with E-state index in [4.69, 9.17) is 9.47 Å². The second-order valence-electron chi connectivity index (χ2n) is 5.75. The Morgan fingerprint density at radius 3 is 1.96 bits per heavy atom. The van der Waals surface area contributed by atoms with E-state index in [0.717, 1.165) is 4.31 Å². The molecule has 144 valence electrons. The summed E-state index contributed by atoms with van der Waals surface area (Å²) in [6, 6.07) is 22.8. The van der Waals surface area contributed by atoms with Gasteiger partial charge in [0, 0.05) is 0 Å². The predicted molar refractivity (Wildman–Crippen MR) is 106 cm³/mol. The number of anilines is 1. The number of ether oxygens (including phenoxy) is 2. The molecule has 6 nitrogen and oxygen atoms in total. The van der Waals surface area contributed by atoms with Crippen molar-refractivity contribution in [2.45, 2.75) is 4.90 Å². The van der Waals surface area contributed by atoms with Gasteiger partial charge < -0.3 is 9.47 Å². The van der Waals surface area contributed by atoms with Crippen LogP contribution in [0.15, 0.2) is 89.8 Å². The summed E-state index contributed by atoms with van der Waals surface area (Å²) in [5.41, 5.74) is 0.236. The molecule has 0 aliphatic rings. The fourth-order valence-electron chi connectivity index (χ4n) is 2.61. The van der Waals surface area contributed by atoms with E-state index >= 15 is 0 Å². The van der Waals surface area contributed by atoms with Crippen molar-refractivity contribution in [3.63, 3.8) is 0 Å². The molecule has 0 aliphatic carbocycles. The molecule has 0 fully saturated rings. The van der Waals surface area contributed by atoms with Crippen LogP contribution in [-0.2, 0) is 14.8 Å². The average molecular weight is 397 g/mol. The highest BCUT2D eigenvalue weighted by atomic mass is 32.2. The Bertz CT molecular complexity index is 1040. The molecule has 0 bridgehead atoms. The Morgan fingerprint density at radius 1 is 0.821 bits per heavy atom. The highest BCUT2D eigenvalue weighted by molar-refractivity contribution is 7.93. The number of carbonyl (C=O) groups excluding carboxylic acids is 1. The van der Waals surface area contributed by atoms with Crippen molar-refractivity contribution in [3.8, 4) is 11.5 Å². The monoisotopic (exact) mass is 397 g/mol. The number of sulfonamides is 1. The number of hydrogen-bond acceptors (Lipinski definition) is 5. The molecule has 3 aromatic rings. The van der Waals surface area contributed by atoms with Crippen LogP contribution in [0, 0.1) is 0 Å². The molecule has 0 saturated heterocycles. The van der Waals surface area contributed by atoms with Crippen LogP contribution >= 0.6 is 0 Å². The third kappa shape index (κ3) is 4.15. The standard InChI is InChI=1S/C21H19NO5S/c1-26-19-14-8-9-15-20(19)27-16-21(23)22(17-10-4-2-5-11-17)28(24,25)18-12-6-3-7-13-18/h2-15H,16H2,1H3. The number of amides is 1. The van der Waals surface area contributed by atoms with E-state index in [-0.39, 0.29) is 10.6 Å². The third-order valence-corrected chi connectivity index (χ3v) is 5.68. The second-order valence-corrected chi connectivity index (χ2v) is 7.54. The molecule has 0 atom stereocenters. The molecule has 28 heavy (non-hydrogen) atoms. The zero-order valence-corrected chi connectivity index (χ0v) is 16.0. The fraction of sp³-hybridized carbons (Fsp3) is 0.0952. The second kappa shape index (κ2) is 8.58. The molecule has 0 unspecified atom stereocenters. The fourth-order valence-corrected chi connectivity index (χ4v) is 4.05. The third-order valence-electron chi connectivity index (χ3n) is 3.92. The minimum Gasteiger partial charge on any atom is -0.493 e. The molecule has 1 amide bonds. The molecule has 0 N–H and O–H groups in total. The van der Waals surface area contributed by atoms with Gasteiger partial charge in [-0.25, -0.2) is 8.42 Å².